The molecule has 2 aromatic heterocycles. The Kier molecular flexibility index (Phi) is 30.4. The van der Waals surface area contributed by atoms with E-state index in [0.717, 1.165) is 45.3 Å². The van der Waals surface area contributed by atoms with E-state index < -0.39 is 0 Å². The quantitative estimate of drug-likeness (QED) is 0.138. The molecule has 0 saturated carbocycles. The molecule has 0 aliphatic rings. The van der Waals surface area contributed by atoms with Crippen LogP contribution >= 0.6 is 0 Å². The maximum atomic E-state index is 5.79. The van der Waals surface area contributed by atoms with Crippen molar-refractivity contribution in [2.45, 2.75) is 76.2 Å². The molecule has 0 amide bonds. The first kappa shape index (κ1) is 46.7. The maximum absolute atomic E-state index is 5.79. The number of aryl methyl sites for hydroxylation is 1. The van der Waals surface area contributed by atoms with Gasteiger partial charge >= 0.3 is 0 Å². The van der Waals surface area contributed by atoms with Crippen molar-refractivity contribution in [3.8, 4) is 0 Å². The largest absolute Gasteiger partial charge is 0.399 e. The fraction of sp³-hybridized carbons (Fsp3) is 0.282. The molecule has 1 radical (unpaired) electrons. The van der Waals surface area contributed by atoms with E-state index in [1.165, 1.54) is 17.5 Å². The zero-order chi connectivity index (χ0) is 33.2. The number of nitrogens with two attached hydrogens (primary N) is 2. The molecule has 0 fully saturated rings. The molecule has 4 N–H and O–H groups in total. The molecular formula is C39H55N6Y-. The van der Waals surface area contributed by atoms with E-state index in [1.54, 1.807) is 6.33 Å². The summed E-state index contributed by atoms with van der Waals surface area (Å²) in [5.41, 5.74) is 18.2. The third-order valence-corrected chi connectivity index (χ3v) is 5.33. The molecule has 4 aromatic carbocycles. The number of fused-ring (bicyclic) bond motifs is 2. The minimum atomic E-state index is 0. The Hall–Kier alpha value is -3.74. The van der Waals surface area contributed by atoms with Gasteiger partial charge in [0.15, 0.2) is 0 Å². The van der Waals surface area contributed by atoms with Crippen molar-refractivity contribution in [1.82, 2.24) is 19.9 Å². The molecular weight excluding hydrogens is 641 g/mol. The summed E-state index contributed by atoms with van der Waals surface area (Å²) < 4.78 is 0. The number of aromatic nitrogens is 4. The fourth-order valence-electron chi connectivity index (χ4n) is 3.64. The molecule has 46 heavy (non-hydrogen) atoms. The van der Waals surface area contributed by atoms with Crippen molar-refractivity contribution in [2.75, 3.05) is 11.5 Å². The Balaban J connectivity index is -0.000000568. The number of hydrogen-bond donors (Lipinski definition) is 2. The molecule has 0 aliphatic carbocycles. The van der Waals surface area contributed by atoms with Crippen LogP contribution in [0, 0.1) is 13.1 Å². The van der Waals surface area contributed by atoms with E-state index in [1.807, 2.05) is 147 Å². The van der Waals surface area contributed by atoms with Gasteiger partial charge in [-0.25, -0.2) is 9.97 Å². The van der Waals surface area contributed by atoms with Gasteiger partial charge in [-0.3, -0.25) is 0 Å². The zero-order valence-corrected chi connectivity index (χ0v) is 31.5. The van der Waals surface area contributed by atoms with Gasteiger partial charge < -0.3 is 21.4 Å². The molecule has 6 rings (SSSR count). The smallest absolute Gasteiger partial charge is 0.116 e. The molecule has 0 saturated heterocycles. The number of nitrogen functional groups attached to an aromatic ring is 2. The molecule has 0 spiro atoms. The van der Waals surface area contributed by atoms with Crippen molar-refractivity contribution in [3.63, 3.8) is 0 Å². The summed E-state index contributed by atoms with van der Waals surface area (Å²) in [7, 11) is 0. The Morgan fingerprint density at radius 2 is 1.13 bits per heavy atom. The van der Waals surface area contributed by atoms with Crippen molar-refractivity contribution in [3.05, 3.63) is 133 Å². The first-order valence-electron chi connectivity index (χ1n) is 15.5. The molecule has 2 heterocycles. The van der Waals surface area contributed by atoms with Gasteiger partial charge in [0.1, 0.15) is 6.33 Å². The second-order valence-electron chi connectivity index (χ2n) is 8.18. The summed E-state index contributed by atoms with van der Waals surface area (Å²) in [5.74, 6) is 0. The summed E-state index contributed by atoms with van der Waals surface area (Å²) in [6.45, 7) is 18.0. The van der Waals surface area contributed by atoms with Gasteiger partial charge in [-0.05, 0) is 60.1 Å². The van der Waals surface area contributed by atoms with Crippen LogP contribution < -0.4 is 11.5 Å². The van der Waals surface area contributed by atoms with Gasteiger partial charge in [0.25, 0.3) is 0 Å². The van der Waals surface area contributed by atoms with Crippen LogP contribution in [0.1, 0.15) is 79.6 Å². The molecule has 245 valence electrons. The van der Waals surface area contributed by atoms with Crippen LogP contribution in [0.3, 0.4) is 0 Å². The van der Waals surface area contributed by atoms with Crippen LogP contribution in [-0.4, -0.2) is 19.9 Å². The third-order valence-electron chi connectivity index (χ3n) is 5.33. The van der Waals surface area contributed by atoms with Gasteiger partial charge in [0.2, 0.25) is 0 Å². The molecule has 0 unspecified atom stereocenters. The summed E-state index contributed by atoms with van der Waals surface area (Å²) >= 11 is 0. The van der Waals surface area contributed by atoms with Crippen LogP contribution in [0.5, 0.6) is 0 Å². The average Bonchev–Trinajstić information content (AvgIpc) is 3.09. The molecule has 6 aromatic rings. The van der Waals surface area contributed by atoms with E-state index in [0.29, 0.717) is 0 Å². The summed E-state index contributed by atoms with van der Waals surface area (Å²) in [5, 5.41) is 2.06. The predicted octanol–water partition coefficient (Wildman–Crippen LogP) is 10.5. The minimum absolute atomic E-state index is 0. The fourth-order valence-corrected chi connectivity index (χ4v) is 3.64. The molecule has 0 bridgehead atoms. The normalized spacial score (nSPS) is 8.46. The summed E-state index contributed by atoms with van der Waals surface area (Å²) in [6.07, 6.45) is 6.73. The maximum Gasteiger partial charge on any atom is 0.116 e. The molecule has 0 atom stereocenters. The number of nitrogens with zero attached hydrogens (tertiary/aromatic N) is 4. The number of anilines is 2. The summed E-state index contributed by atoms with van der Waals surface area (Å²) in [6, 6.07) is 31.5. The van der Waals surface area contributed by atoms with Crippen molar-refractivity contribution >= 4 is 33.2 Å². The number of hydrogen-bond acceptors (Lipinski definition) is 6. The van der Waals surface area contributed by atoms with Gasteiger partial charge in [-0.1, -0.05) is 117 Å². The van der Waals surface area contributed by atoms with Crippen molar-refractivity contribution in [2.24, 2.45) is 0 Å². The van der Waals surface area contributed by atoms with E-state index in [9.17, 15) is 0 Å². The SMILES string of the molecule is C.CC.CC.CC.CC.Cc1cccc(N)c1.Nc1cccc(Cc2ncnc3ccccc23)c1.[Y].[c-]1ncnc2ccccc12. The monoisotopic (exact) mass is 696 g/mol. The predicted molar refractivity (Wildman–Crippen MR) is 199 cm³/mol. The van der Waals surface area contributed by atoms with E-state index >= 15 is 0 Å². The second kappa shape index (κ2) is 29.9. The Labute approximate surface area is 304 Å². The van der Waals surface area contributed by atoms with Gasteiger partial charge in [-0.15, -0.1) is 17.5 Å². The van der Waals surface area contributed by atoms with Crippen molar-refractivity contribution < 1.29 is 32.7 Å². The van der Waals surface area contributed by atoms with Crippen LogP contribution in [-0.2, 0) is 39.1 Å². The molecule has 7 heteroatoms. The number of rotatable bonds is 2. The van der Waals surface area contributed by atoms with Gasteiger partial charge in [-0.2, -0.15) is 0 Å². The first-order chi connectivity index (χ1) is 21.6. The summed E-state index contributed by atoms with van der Waals surface area (Å²) in [4.78, 5) is 16.5. The minimum Gasteiger partial charge on any atom is -0.399 e. The molecule has 6 nitrogen and oxygen atoms in total. The number of para-hydroxylation sites is 2. The third kappa shape index (κ3) is 17.7. The topological polar surface area (TPSA) is 104 Å². The Morgan fingerprint density at radius 1 is 0.587 bits per heavy atom. The van der Waals surface area contributed by atoms with Crippen molar-refractivity contribution in [1.29, 1.82) is 0 Å². The second-order valence-corrected chi connectivity index (χ2v) is 8.18. The first-order valence-corrected chi connectivity index (χ1v) is 15.5. The van der Waals surface area contributed by atoms with E-state index in [2.05, 4.69) is 38.3 Å². The standard InChI is InChI=1S/C15H13N3.C8H5N2.C7H9N.4C2H6.CH4.Y/c16-12-5-3-4-11(8-12)9-15-13-6-1-2-7-14(13)17-10-18-15;1-2-4-8-7(3-1)5-9-6-10-8;1-6-3-2-4-7(8)5-6;4*1-2;;/h1-8,10H,9,16H2;1-4,6H;2-5H,8H2,1H3;4*1-2H3;1H4;/q;-1;;;;;;;. The average molecular weight is 697 g/mol. The Morgan fingerprint density at radius 3 is 1.70 bits per heavy atom. The number of benzene rings is 4. The van der Waals surface area contributed by atoms with E-state index in [-0.39, 0.29) is 40.1 Å². The van der Waals surface area contributed by atoms with Gasteiger partial charge in [0, 0.05) is 62.2 Å². The van der Waals surface area contributed by atoms with Crippen LogP contribution in [0.25, 0.3) is 21.8 Å². The van der Waals surface area contributed by atoms with Crippen LogP contribution in [0.4, 0.5) is 11.4 Å². The van der Waals surface area contributed by atoms with Crippen LogP contribution in [0.15, 0.2) is 110 Å². The van der Waals surface area contributed by atoms with Crippen LogP contribution in [0.2, 0.25) is 0 Å². The van der Waals surface area contributed by atoms with Gasteiger partial charge in [0.05, 0.1) is 11.2 Å². The zero-order valence-electron chi connectivity index (χ0n) is 28.6. The molecule has 0 aliphatic heterocycles. The Bertz CT molecular complexity index is 1490. The van der Waals surface area contributed by atoms with E-state index in [4.69, 9.17) is 11.5 Å².